The predicted octanol–water partition coefficient (Wildman–Crippen LogP) is 1.84. The molecule has 1 saturated heterocycles. The fourth-order valence-electron chi connectivity index (χ4n) is 2.46. The summed E-state index contributed by atoms with van der Waals surface area (Å²) in [6.45, 7) is 8.78. The molecular formula is C15H25N5. The van der Waals surface area contributed by atoms with Crippen LogP contribution >= 0.6 is 0 Å². The van der Waals surface area contributed by atoms with Crippen molar-refractivity contribution in [1.82, 2.24) is 9.88 Å². The molecule has 5 nitrogen and oxygen atoms in total. The lowest BCUT2D eigenvalue weighted by molar-refractivity contribution is 0.458. The van der Waals surface area contributed by atoms with Crippen LogP contribution in [0.2, 0.25) is 0 Å². The molecule has 0 unspecified atom stereocenters. The Morgan fingerprint density at radius 1 is 1.30 bits per heavy atom. The quantitative estimate of drug-likeness (QED) is 0.658. The lowest BCUT2D eigenvalue weighted by Crippen LogP contribution is -2.37. The van der Waals surface area contributed by atoms with Crippen LogP contribution in [0, 0.1) is 0 Å². The van der Waals surface area contributed by atoms with E-state index in [-0.39, 0.29) is 0 Å². The van der Waals surface area contributed by atoms with Crippen molar-refractivity contribution in [2.75, 3.05) is 31.1 Å². The number of rotatable bonds is 5. The number of nitrogens with zero attached hydrogens (tertiary/aromatic N) is 4. The molecule has 1 aliphatic heterocycles. The SMILES string of the molecule is CCN(CC)C(N)=NCc1ccc(N2CCCC2)nc1. The average molecular weight is 275 g/mol. The largest absolute Gasteiger partial charge is 0.370 e. The van der Waals surface area contributed by atoms with Crippen molar-refractivity contribution in [3.05, 3.63) is 23.9 Å². The number of hydrogen-bond donors (Lipinski definition) is 1. The summed E-state index contributed by atoms with van der Waals surface area (Å²) in [7, 11) is 0. The highest BCUT2D eigenvalue weighted by molar-refractivity contribution is 5.77. The second-order valence-corrected chi connectivity index (χ2v) is 5.07. The first-order chi connectivity index (χ1) is 9.74. The van der Waals surface area contributed by atoms with E-state index < -0.39 is 0 Å². The highest BCUT2D eigenvalue weighted by atomic mass is 15.2. The van der Waals surface area contributed by atoms with Crippen LogP contribution in [0.3, 0.4) is 0 Å². The number of aromatic nitrogens is 1. The second kappa shape index (κ2) is 7.12. The number of anilines is 1. The topological polar surface area (TPSA) is 57.8 Å². The van der Waals surface area contributed by atoms with Crippen molar-refractivity contribution in [3.63, 3.8) is 0 Å². The molecule has 0 spiro atoms. The molecule has 2 rings (SSSR count). The van der Waals surface area contributed by atoms with E-state index in [0.717, 1.165) is 37.6 Å². The zero-order chi connectivity index (χ0) is 14.4. The summed E-state index contributed by atoms with van der Waals surface area (Å²) in [5.41, 5.74) is 7.06. The van der Waals surface area contributed by atoms with E-state index in [0.29, 0.717) is 12.5 Å². The van der Waals surface area contributed by atoms with Crippen LogP contribution in [-0.2, 0) is 6.54 Å². The van der Waals surface area contributed by atoms with Gasteiger partial charge >= 0.3 is 0 Å². The van der Waals surface area contributed by atoms with E-state index in [1.54, 1.807) is 0 Å². The van der Waals surface area contributed by atoms with Crippen molar-refractivity contribution in [2.45, 2.75) is 33.2 Å². The van der Waals surface area contributed by atoms with Gasteiger partial charge < -0.3 is 15.5 Å². The standard InChI is InChI=1S/C15H25N5/c1-3-19(4-2)15(16)18-12-13-7-8-14(17-11-13)20-9-5-6-10-20/h7-8,11H,3-6,9-10,12H2,1-2H3,(H2,16,18). The lowest BCUT2D eigenvalue weighted by Gasteiger charge is -2.19. The van der Waals surface area contributed by atoms with E-state index in [2.05, 4.69) is 40.9 Å². The molecule has 0 aliphatic carbocycles. The van der Waals surface area contributed by atoms with Gasteiger partial charge in [0.2, 0.25) is 0 Å². The van der Waals surface area contributed by atoms with Gasteiger partial charge in [0.15, 0.2) is 5.96 Å². The number of nitrogens with two attached hydrogens (primary N) is 1. The maximum absolute atomic E-state index is 5.96. The maximum Gasteiger partial charge on any atom is 0.191 e. The summed E-state index contributed by atoms with van der Waals surface area (Å²) >= 11 is 0. The minimum Gasteiger partial charge on any atom is -0.370 e. The average Bonchev–Trinajstić information content (AvgIpc) is 3.01. The third kappa shape index (κ3) is 3.62. The highest BCUT2D eigenvalue weighted by Gasteiger charge is 2.12. The van der Waals surface area contributed by atoms with Crippen LogP contribution in [0.25, 0.3) is 0 Å². The van der Waals surface area contributed by atoms with Gasteiger partial charge in [0.1, 0.15) is 5.82 Å². The molecule has 2 N–H and O–H groups in total. The second-order valence-electron chi connectivity index (χ2n) is 5.07. The van der Waals surface area contributed by atoms with Crippen LogP contribution in [-0.4, -0.2) is 42.0 Å². The van der Waals surface area contributed by atoms with Gasteiger partial charge in [0.05, 0.1) is 6.54 Å². The van der Waals surface area contributed by atoms with Crippen molar-refractivity contribution in [1.29, 1.82) is 0 Å². The van der Waals surface area contributed by atoms with Crippen molar-refractivity contribution in [3.8, 4) is 0 Å². The maximum atomic E-state index is 5.96. The summed E-state index contributed by atoms with van der Waals surface area (Å²) in [5, 5.41) is 0. The van der Waals surface area contributed by atoms with Crippen molar-refractivity contribution < 1.29 is 0 Å². The number of aliphatic imine (C=N–C) groups is 1. The zero-order valence-corrected chi connectivity index (χ0v) is 12.5. The van der Waals surface area contributed by atoms with Gasteiger partial charge in [0, 0.05) is 32.4 Å². The van der Waals surface area contributed by atoms with E-state index in [1.807, 2.05) is 11.1 Å². The summed E-state index contributed by atoms with van der Waals surface area (Å²) in [6, 6.07) is 4.18. The Balaban J connectivity index is 1.95. The molecular weight excluding hydrogens is 250 g/mol. The molecule has 20 heavy (non-hydrogen) atoms. The zero-order valence-electron chi connectivity index (χ0n) is 12.5. The van der Waals surface area contributed by atoms with Gasteiger partial charge in [-0.05, 0) is 38.3 Å². The lowest BCUT2D eigenvalue weighted by atomic mass is 10.3. The van der Waals surface area contributed by atoms with E-state index >= 15 is 0 Å². The van der Waals surface area contributed by atoms with Crippen molar-refractivity contribution in [2.24, 2.45) is 10.7 Å². The van der Waals surface area contributed by atoms with Crippen LogP contribution in [0.1, 0.15) is 32.3 Å². The first-order valence-corrected chi connectivity index (χ1v) is 7.49. The fourth-order valence-corrected chi connectivity index (χ4v) is 2.46. The van der Waals surface area contributed by atoms with E-state index in [4.69, 9.17) is 5.73 Å². The molecule has 0 atom stereocenters. The van der Waals surface area contributed by atoms with Gasteiger partial charge in [-0.25, -0.2) is 9.98 Å². The molecule has 0 bridgehead atoms. The molecule has 0 amide bonds. The molecule has 2 heterocycles. The monoisotopic (exact) mass is 275 g/mol. The third-order valence-corrected chi connectivity index (χ3v) is 3.75. The molecule has 0 aromatic carbocycles. The van der Waals surface area contributed by atoms with Crippen LogP contribution in [0.5, 0.6) is 0 Å². The Hall–Kier alpha value is -1.78. The van der Waals surface area contributed by atoms with Crippen LogP contribution in [0.15, 0.2) is 23.3 Å². The molecule has 1 aromatic heterocycles. The van der Waals surface area contributed by atoms with E-state index in [9.17, 15) is 0 Å². The Bertz CT molecular complexity index is 430. The number of guanidine groups is 1. The Morgan fingerprint density at radius 2 is 2.00 bits per heavy atom. The van der Waals surface area contributed by atoms with Gasteiger partial charge in [0.25, 0.3) is 0 Å². The molecule has 1 aromatic rings. The molecule has 110 valence electrons. The minimum atomic E-state index is 0.593. The summed E-state index contributed by atoms with van der Waals surface area (Å²) in [5.74, 6) is 1.69. The third-order valence-electron chi connectivity index (χ3n) is 3.75. The smallest absolute Gasteiger partial charge is 0.191 e. The fraction of sp³-hybridized carbons (Fsp3) is 0.600. The first kappa shape index (κ1) is 14.6. The molecule has 0 saturated carbocycles. The summed E-state index contributed by atoms with van der Waals surface area (Å²) in [6.07, 6.45) is 4.45. The Labute approximate surface area is 121 Å². The van der Waals surface area contributed by atoms with Crippen LogP contribution in [0.4, 0.5) is 5.82 Å². The molecule has 5 heteroatoms. The first-order valence-electron chi connectivity index (χ1n) is 7.49. The van der Waals surface area contributed by atoms with Crippen LogP contribution < -0.4 is 10.6 Å². The van der Waals surface area contributed by atoms with Crippen molar-refractivity contribution >= 4 is 11.8 Å². The highest BCUT2D eigenvalue weighted by Crippen LogP contribution is 2.17. The number of pyridine rings is 1. The minimum absolute atomic E-state index is 0.593. The van der Waals surface area contributed by atoms with Gasteiger partial charge in [-0.3, -0.25) is 0 Å². The molecule has 1 aliphatic rings. The predicted molar refractivity (Wildman–Crippen MR) is 83.9 cm³/mol. The summed E-state index contributed by atoms with van der Waals surface area (Å²) in [4.78, 5) is 13.3. The summed E-state index contributed by atoms with van der Waals surface area (Å²) < 4.78 is 0. The Morgan fingerprint density at radius 3 is 2.55 bits per heavy atom. The van der Waals surface area contributed by atoms with Gasteiger partial charge in [-0.2, -0.15) is 0 Å². The normalized spacial score (nSPS) is 15.7. The van der Waals surface area contributed by atoms with Gasteiger partial charge in [-0.1, -0.05) is 6.07 Å². The Kier molecular flexibility index (Phi) is 5.21. The molecule has 0 radical (unpaired) electrons. The molecule has 1 fully saturated rings. The van der Waals surface area contributed by atoms with Gasteiger partial charge in [-0.15, -0.1) is 0 Å². The number of hydrogen-bond acceptors (Lipinski definition) is 3. The van der Waals surface area contributed by atoms with E-state index in [1.165, 1.54) is 12.8 Å².